The third kappa shape index (κ3) is 4.94. The lowest BCUT2D eigenvalue weighted by atomic mass is 10.1. The van der Waals surface area contributed by atoms with Crippen molar-refractivity contribution in [3.63, 3.8) is 0 Å². The van der Waals surface area contributed by atoms with Gasteiger partial charge in [-0.15, -0.1) is 11.6 Å². The fourth-order valence-electron chi connectivity index (χ4n) is 2.04. The van der Waals surface area contributed by atoms with Crippen LogP contribution < -0.4 is 9.47 Å². The van der Waals surface area contributed by atoms with Crippen LogP contribution in [0.15, 0.2) is 46.9 Å². The van der Waals surface area contributed by atoms with Gasteiger partial charge < -0.3 is 9.47 Å². The largest absolute Gasteiger partial charge is 0.493 e. The quantitative estimate of drug-likeness (QED) is 0.484. The molecule has 0 spiro atoms. The van der Waals surface area contributed by atoms with E-state index < -0.39 is 0 Å². The van der Waals surface area contributed by atoms with Crippen LogP contribution in [0, 0.1) is 6.92 Å². The second kappa shape index (κ2) is 8.30. The number of rotatable bonds is 7. The molecule has 0 aliphatic carbocycles. The van der Waals surface area contributed by atoms with Crippen molar-refractivity contribution in [2.24, 2.45) is 0 Å². The zero-order valence-corrected chi connectivity index (χ0v) is 14.3. The number of ether oxygens (including phenoxy) is 2. The minimum atomic E-state index is 0.441. The summed E-state index contributed by atoms with van der Waals surface area (Å²) in [5, 5.41) is 0. The number of alkyl halides is 1. The number of aryl methyl sites for hydroxylation is 1. The van der Waals surface area contributed by atoms with E-state index in [9.17, 15) is 0 Å². The van der Waals surface area contributed by atoms with Crippen LogP contribution in [0.4, 0.5) is 0 Å². The smallest absolute Gasteiger partial charge is 0.126 e. The maximum atomic E-state index is 5.97. The summed E-state index contributed by atoms with van der Waals surface area (Å²) in [6.45, 7) is 3.27. The summed E-state index contributed by atoms with van der Waals surface area (Å²) in [7, 11) is 0. The zero-order chi connectivity index (χ0) is 15.1. The fourth-order valence-corrected chi connectivity index (χ4v) is 2.86. The molecule has 0 aliphatic rings. The minimum absolute atomic E-state index is 0.441. The summed E-state index contributed by atoms with van der Waals surface area (Å²) in [5.41, 5.74) is 2.09. The molecule has 4 heteroatoms. The van der Waals surface area contributed by atoms with Gasteiger partial charge in [0.25, 0.3) is 0 Å². The van der Waals surface area contributed by atoms with E-state index in [0.29, 0.717) is 19.1 Å². The highest BCUT2D eigenvalue weighted by molar-refractivity contribution is 9.10. The van der Waals surface area contributed by atoms with Gasteiger partial charge in [-0.2, -0.15) is 0 Å². The average molecular weight is 370 g/mol. The first-order valence-corrected chi connectivity index (χ1v) is 8.19. The summed E-state index contributed by atoms with van der Waals surface area (Å²) in [5.74, 6) is 2.21. The van der Waals surface area contributed by atoms with Gasteiger partial charge in [0.15, 0.2) is 0 Å². The van der Waals surface area contributed by atoms with Crippen molar-refractivity contribution < 1.29 is 9.47 Å². The van der Waals surface area contributed by atoms with Gasteiger partial charge in [0, 0.05) is 16.5 Å². The van der Waals surface area contributed by atoms with Gasteiger partial charge in [0.05, 0.1) is 19.1 Å². The Hall–Kier alpha value is -1.19. The average Bonchev–Trinajstić information content (AvgIpc) is 2.49. The third-order valence-corrected chi connectivity index (χ3v) is 3.75. The van der Waals surface area contributed by atoms with Crippen LogP contribution in [0.1, 0.15) is 17.5 Å². The molecule has 0 saturated carbocycles. The zero-order valence-electron chi connectivity index (χ0n) is 11.9. The summed E-state index contributed by atoms with van der Waals surface area (Å²) < 4.78 is 12.5. The third-order valence-electron chi connectivity index (χ3n) is 3.01. The predicted octanol–water partition coefficient (Wildman–Crippen LogP) is 5.34. The standard InChI is InChI=1S/C17H18BrClO2/c1-13-10-15(18)11-14(12-19)17(13)21-9-5-8-20-16-6-3-2-4-7-16/h2-4,6-7,10-11H,5,8-9,12H2,1H3. The highest BCUT2D eigenvalue weighted by Crippen LogP contribution is 2.29. The molecule has 0 atom stereocenters. The van der Waals surface area contributed by atoms with E-state index in [1.54, 1.807) is 0 Å². The van der Waals surface area contributed by atoms with Crippen molar-refractivity contribution in [1.29, 1.82) is 0 Å². The van der Waals surface area contributed by atoms with Crippen molar-refractivity contribution in [3.05, 3.63) is 58.1 Å². The molecule has 0 fully saturated rings. The Morgan fingerprint density at radius 2 is 1.76 bits per heavy atom. The van der Waals surface area contributed by atoms with Gasteiger partial charge in [0.2, 0.25) is 0 Å². The van der Waals surface area contributed by atoms with E-state index in [1.165, 1.54) is 0 Å². The first-order valence-electron chi connectivity index (χ1n) is 6.86. The highest BCUT2D eigenvalue weighted by atomic mass is 79.9. The van der Waals surface area contributed by atoms with Gasteiger partial charge in [0.1, 0.15) is 11.5 Å². The Bertz CT molecular complexity index is 573. The lowest BCUT2D eigenvalue weighted by Gasteiger charge is -2.14. The maximum Gasteiger partial charge on any atom is 0.126 e. The molecule has 2 aromatic rings. The van der Waals surface area contributed by atoms with Gasteiger partial charge in [-0.3, -0.25) is 0 Å². The Morgan fingerprint density at radius 1 is 1.05 bits per heavy atom. The number of hydrogen-bond donors (Lipinski definition) is 0. The van der Waals surface area contributed by atoms with Gasteiger partial charge >= 0.3 is 0 Å². The van der Waals surface area contributed by atoms with Gasteiger partial charge in [-0.05, 0) is 36.8 Å². The monoisotopic (exact) mass is 368 g/mol. The van der Waals surface area contributed by atoms with Crippen molar-refractivity contribution in [3.8, 4) is 11.5 Å². The summed E-state index contributed by atoms with van der Waals surface area (Å²) in [6.07, 6.45) is 0.826. The number of benzene rings is 2. The van der Waals surface area contributed by atoms with Crippen LogP contribution in [-0.4, -0.2) is 13.2 Å². The van der Waals surface area contributed by atoms with Crippen LogP contribution in [-0.2, 0) is 5.88 Å². The summed E-state index contributed by atoms with van der Waals surface area (Å²) >= 11 is 9.44. The van der Waals surface area contributed by atoms with Gasteiger partial charge in [-0.1, -0.05) is 34.1 Å². The Morgan fingerprint density at radius 3 is 2.48 bits per heavy atom. The highest BCUT2D eigenvalue weighted by Gasteiger charge is 2.08. The molecule has 0 unspecified atom stereocenters. The Labute approximate surface area is 139 Å². The summed E-state index contributed by atoms with van der Waals surface area (Å²) in [4.78, 5) is 0. The van der Waals surface area contributed by atoms with E-state index in [-0.39, 0.29) is 0 Å². The molecule has 2 aromatic carbocycles. The minimum Gasteiger partial charge on any atom is -0.493 e. The van der Waals surface area contributed by atoms with Crippen molar-refractivity contribution in [1.82, 2.24) is 0 Å². The van der Waals surface area contributed by atoms with Crippen LogP contribution in [0.5, 0.6) is 11.5 Å². The van der Waals surface area contributed by atoms with E-state index in [0.717, 1.165) is 33.5 Å². The number of para-hydroxylation sites is 1. The molecular weight excluding hydrogens is 352 g/mol. The SMILES string of the molecule is Cc1cc(Br)cc(CCl)c1OCCCOc1ccccc1. The molecule has 2 rings (SSSR count). The van der Waals surface area contributed by atoms with Crippen LogP contribution >= 0.6 is 27.5 Å². The molecule has 0 heterocycles. The molecule has 0 saturated heterocycles. The first-order chi connectivity index (χ1) is 10.2. The van der Waals surface area contributed by atoms with Crippen LogP contribution in [0.2, 0.25) is 0 Å². The number of hydrogen-bond acceptors (Lipinski definition) is 2. The second-order valence-corrected chi connectivity index (χ2v) is 5.89. The summed E-state index contributed by atoms with van der Waals surface area (Å²) in [6, 6.07) is 13.8. The Balaban J connectivity index is 1.81. The molecular formula is C17H18BrClO2. The second-order valence-electron chi connectivity index (χ2n) is 4.71. The molecule has 112 valence electrons. The van der Waals surface area contributed by atoms with Gasteiger partial charge in [-0.25, -0.2) is 0 Å². The molecule has 0 aromatic heterocycles. The van der Waals surface area contributed by atoms with E-state index >= 15 is 0 Å². The molecule has 0 amide bonds. The first kappa shape index (κ1) is 16.2. The maximum absolute atomic E-state index is 5.97. The van der Waals surface area contributed by atoms with Crippen LogP contribution in [0.3, 0.4) is 0 Å². The van der Waals surface area contributed by atoms with Crippen LogP contribution in [0.25, 0.3) is 0 Å². The van der Waals surface area contributed by atoms with Crippen molar-refractivity contribution >= 4 is 27.5 Å². The predicted molar refractivity (Wildman–Crippen MR) is 90.5 cm³/mol. The Kier molecular flexibility index (Phi) is 6.40. The van der Waals surface area contributed by atoms with Crippen molar-refractivity contribution in [2.75, 3.05) is 13.2 Å². The topological polar surface area (TPSA) is 18.5 Å². The van der Waals surface area contributed by atoms with E-state index in [4.69, 9.17) is 21.1 Å². The lowest BCUT2D eigenvalue weighted by molar-refractivity contribution is 0.245. The number of halogens is 2. The molecule has 0 radical (unpaired) electrons. The molecule has 21 heavy (non-hydrogen) atoms. The lowest BCUT2D eigenvalue weighted by Crippen LogP contribution is -2.06. The van der Waals surface area contributed by atoms with E-state index in [1.807, 2.05) is 49.4 Å². The fraction of sp³-hybridized carbons (Fsp3) is 0.294. The molecule has 0 N–H and O–H groups in total. The molecule has 2 nitrogen and oxygen atoms in total. The normalized spacial score (nSPS) is 10.4. The van der Waals surface area contributed by atoms with E-state index in [2.05, 4.69) is 15.9 Å². The molecule has 0 bridgehead atoms. The molecule has 0 aliphatic heterocycles. The van der Waals surface area contributed by atoms with Crippen molar-refractivity contribution in [2.45, 2.75) is 19.2 Å².